The number of nitrogens with zero attached hydrogens (tertiary/aromatic N) is 1. The van der Waals surface area contributed by atoms with E-state index >= 15 is 0 Å². The predicted octanol–water partition coefficient (Wildman–Crippen LogP) is 3.36. The van der Waals surface area contributed by atoms with E-state index in [1.54, 1.807) is 6.07 Å². The Morgan fingerprint density at radius 3 is 2.79 bits per heavy atom. The van der Waals surface area contributed by atoms with Crippen molar-refractivity contribution in [3.8, 4) is 0 Å². The predicted molar refractivity (Wildman–Crippen MR) is 74.4 cm³/mol. The summed E-state index contributed by atoms with van der Waals surface area (Å²) in [6.07, 6.45) is 1.10. The van der Waals surface area contributed by atoms with Crippen molar-refractivity contribution in [3.63, 3.8) is 0 Å². The molecule has 1 heterocycles. The summed E-state index contributed by atoms with van der Waals surface area (Å²) in [5.74, 6) is -1.04. The number of furan rings is 1. The van der Waals surface area contributed by atoms with Gasteiger partial charge in [0, 0.05) is 18.0 Å². The van der Waals surface area contributed by atoms with Crippen molar-refractivity contribution >= 4 is 16.9 Å². The second-order valence-electron chi connectivity index (χ2n) is 4.96. The van der Waals surface area contributed by atoms with E-state index < -0.39 is 5.97 Å². The van der Waals surface area contributed by atoms with E-state index in [9.17, 15) is 4.79 Å². The Morgan fingerprint density at radius 2 is 2.16 bits per heavy atom. The van der Waals surface area contributed by atoms with Crippen LogP contribution in [-0.4, -0.2) is 29.1 Å². The van der Waals surface area contributed by atoms with Crippen LogP contribution in [-0.2, 0) is 6.54 Å². The van der Waals surface area contributed by atoms with Crippen molar-refractivity contribution in [3.05, 3.63) is 35.6 Å². The van der Waals surface area contributed by atoms with Gasteiger partial charge in [-0.25, -0.2) is 4.79 Å². The van der Waals surface area contributed by atoms with E-state index in [2.05, 4.69) is 25.8 Å². The second kappa shape index (κ2) is 5.45. The SMILES string of the molecule is CCC(C)N(C)Cc1ccc2oc(C(=O)O)cc2c1. The smallest absolute Gasteiger partial charge is 0.371 e. The fourth-order valence-electron chi connectivity index (χ4n) is 2.05. The zero-order valence-corrected chi connectivity index (χ0v) is 11.5. The molecule has 4 nitrogen and oxygen atoms in total. The van der Waals surface area contributed by atoms with E-state index in [-0.39, 0.29) is 5.76 Å². The number of hydrogen-bond acceptors (Lipinski definition) is 3. The fraction of sp³-hybridized carbons (Fsp3) is 0.400. The zero-order chi connectivity index (χ0) is 14.0. The molecule has 0 saturated heterocycles. The van der Waals surface area contributed by atoms with Gasteiger partial charge in [-0.05, 0) is 44.2 Å². The zero-order valence-electron chi connectivity index (χ0n) is 11.5. The third kappa shape index (κ3) is 2.96. The van der Waals surface area contributed by atoms with E-state index in [0.29, 0.717) is 11.6 Å². The molecule has 0 spiro atoms. The van der Waals surface area contributed by atoms with Gasteiger partial charge in [-0.15, -0.1) is 0 Å². The van der Waals surface area contributed by atoms with Gasteiger partial charge < -0.3 is 9.52 Å². The quantitative estimate of drug-likeness (QED) is 0.896. The summed E-state index contributed by atoms with van der Waals surface area (Å²) in [5, 5.41) is 9.74. The van der Waals surface area contributed by atoms with Crippen LogP contribution in [0.25, 0.3) is 11.0 Å². The minimum Gasteiger partial charge on any atom is -0.475 e. The van der Waals surface area contributed by atoms with Crippen LogP contribution in [0.2, 0.25) is 0 Å². The lowest BCUT2D eigenvalue weighted by atomic mass is 10.1. The molecule has 19 heavy (non-hydrogen) atoms. The first-order valence-corrected chi connectivity index (χ1v) is 6.47. The first-order valence-electron chi connectivity index (χ1n) is 6.47. The maximum atomic E-state index is 10.9. The number of benzene rings is 1. The molecule has 0 aliphatic carbocycles. The van der Waals surface area contributed by atoms with Crippen LogP contribution in [0.1, 0.15) is 36.4 Å². The lowest BCUT2D eigenvalue weighted by Gasteiger charge is -2.23. The van der Waals surface area contributed by atoms with Crippen LogP contribution >= 0.6 is 0 Å². The van der Waals surface area contributed by atoms with Crippen LogP contribution in [0.15, 0.2) is 28.7 Å². The van der Waals surface area contributed by atoms with Crippen molar-refractivity contribution in [2.24, 2.45) is 0 Å². The third-order valence-corrected chi connectivity index (χ3v) is 3.57. The van der Waals surface area contributed by atoms with Crippen LogP contribution in [0.3, 0.4) is 0 Å². The van der Waals surface area contributed by atoms with Crippen molar-refractivity contribution in [1.29, 1.82) is 0 Å². The van der Waals surface area contributed by atoms with Crippen LogP contribution < -0.4 is 0 Å². The maximum absolute atomic E-state index is 10.9. The molecule has 0 aliphatic heterocycles. The molecule has 2 aromatic rings. The average Bonchev–Trinajstić information content (AvgIpc) is 2.81. The summed E-state index contributed by atoms with van der Waals surface area (Å²) in [7, 11) is 2.09. The van der Waals surface area contributed by atoms with Gasteiger partial charge in [0.25, 0.3) is 0 Å². The van der Waals surface area contributed by atoms with Crippen LogP contribution in [0.5, 0.6) is 0 Å². The molecular weight excluding hydrogens is 242 g/mol. The summed E-state index contributed by atoms with van der Waals surface area (Å²) in [6, 6.07) is 7.90. The number of carbonyl (C=O) groups is 1. The van der Waals surface area contributed by atoms with E-state index in [4.69, 9.17) is 9.52 Å². The summed E-state index contributed by atoms with van der Waals surface area (Å²) in [4.78, 5) is 13.1. The van der Waals surface area contributed by atoms with Gasteiger partial charge in [-0.1, -0.05) is 13.0 Å². The maximum Gasteiger partial charge on any atom is 0.371 e. The van der Waals surface area contributed by atoms with Gasteiger partial charge in [-0.2, -0.15) is 0 Å². The molecule has 1 N–H and O–H groups in total. The first-order chi connectivity index (χ1) is 9.01. The number of hydrogen-bond donors (Lipinski definition) is 1. The topological polar surface area (TPSA) is 53.7 Å². The van der Waals surface area contributed by atoms with Crippen molar-refractivity contribution in [2.45, 2.75) is 32.9 Å². The highest BCUT2D eigenvalue weighted by molar-refractivity contribution is 5.91. The van der Waals surface area contributed by atoms with E-state index in [0.717, 1.165) is 23.9 Å². The molecule has 0 aliphatic rings. The molecule has 0 saturated carbocycles. The number of rotatable bonds is 5. The summed E-state index contributed by atoms with van der Waals surface area (Å²) < 4.78 is 5.24. The Kier molecular flexibility index (Phi) is 3.90. The highest BCUT2D eigenvalue weighted by Crippen LogP contribution is 2.21. The van der Waals surface area contributed by atoms with Crippen LogP contribution in [0, 0.1) is 0 Å². The normalized spacial score (nSPS) is 13.1. The van der Waals surface area contributed by atoms with Gasteiger partial charge in [0.15, 0.2) is 0 Å². The lowest BCUT2D eigenvalue weighted by molar-refractivity contribution is 0.0665. The average molecular weight is 261 g/mol. The molecule has 2 rings (SSSR count). The highest BCUT2D eigenvalue weighted by Gasteiger charge is 2.12. The lowest BCUT2D eigenvalue weighted by Crippen LogP contribution is -2.27. The standard InChI is InChI=1S/C15H19NO3/c1-4-10(2)16(3)9-11-5-6-13-12(7-11)8-14(19-13)15(17)18/h5-8,10H,4,9H2,1-3H3,(H,17,18). The summed E-state index contributed by atoms with van der Waals surface area (Å²) >= 11 is 0. The Balaban J connectivity index is 2.23. The van der Waals surface area contributed by atoms with Gasteiger partial charge in [0.2, 0.25) is 5.76 Å². The molecule has 0 radical (unpaired) electrons. The van der Waals surface area contributed by atoms with Crippen molar-refractivity contribution < 1.29 is 14.3 Å². The molecule has 4 heteroatoms. The first kappa shape index (κ1) is 13.6. The van der Waals surface area contributed by atoms with Crippen LogP contribution in [0.4, 0.5) is 0 Å². The number of carboxylic acid groups (broad SMARTS) is 1. The largest absolute Gasteiger partial charge is 0.475 e. The van der Waals surface area contributed by atoms with E-state index in [1.807, 2.05) is 18.2 Å². The molecule has 102 valence electrons. The molecule has 1 aromatic carbocycles. The Labute approximate surface area is 112 Å². The molecule has 1 unspecified atom stereocenters. The minimum atomic E-state index is -1.03. The molecular formula is C15H19NO3. The molecule has 0 amide bonds. The van der Waals surface area contributed by atoms with E-state index in [1.165, 1.54) is 0 Å². The second-order valence-corrected chi connectivity index (χ2v) is 4.96. The molecule has 1 atom stereocenters. The summed E-state index contributed by atoms with van der Waals surface area (Å²) in [5.41, 5.74) is 1.78. The molecule has 0 fully saturated rings. The minimum absolute atomic E-state index is 0.0116. The number of carboxylic acids is 1. The van der Waals surface area contributed by atoms with Gasteiger partial charge in [0.05, 0.1) is 0 Å². The van der Waals surface area contributed by atoms with Crippen molar-refractivity contribution in [1.82, 2.24) is 4.90 Å². The summed E-state index contributed by atoms with van der Waals surface area (Å²) in [6.45, 7) is 5.21. The number of fused-ring (bicyclic) bond motifs is 1. The number of aromatic carboxylic acids is 1. The molecule has 1 aromatic heterocycles. The third-order valence-electron chi connectivity index (χ3n) is 3.57. The van der Waals surface area contributed by atoms with Crippen molar-refractivity contribution in [2.75, 3.05) is 7.05 Å². The van der Waals surface area contributed by atoms with Gasteiger partial charge in [-0.3, -0.25) is 4.90 Å². The Bertz CT molecular complexity index is 588. The van der Waals surface area contributed by atoms with Gasteiger partial charge in [0.1, 0.15) is 5.58 Å². The Morgan fingerprint density at radius 1 is 1.42 bits per heavy atom. The molecule has 0 bridgehead atoms. The Hall–Kier alpha value is -1.81. The van der Waals surface area contributed by atoms with Gasteiger partial charge >= 0.3 is 5.97 Å². The monoisotopic (exact) mass is 261 g/mol. The highest BCUT2D eigenvalue weighted by atomic mass is 16.4. The fourth-order valence-corrected chi connectivity index (χ4v) is 2.05.